The average molecular weight is 495 g/mol. The number of thioether (sulfide) groups is 1. The van der Waals surface area contributed by atoms with Gasteiger partial charge in [-0.15, -0.1) is 0 Å². The molecule has 1 amide bonds. The van der Waals surface area contributed by atoms with Gasteiger partial charge in [0.2, 0.25) is 5.91 Å². The lowest BCUT2D eigenvalue weighted by Crippen LogP contribution is -2.38. The number of amides is 1. The normalized spacial score (nSPS) is 17.0. The Kier molecular flexibility index (Phi) is 7.49. The summed E-state index contributed by atoms with van der Waals surface area (Å²) >= 11 is 7.71. The topological polar surface area (TPSA) is 83.9 Å². The van der Waals surface area contributed by atoms with Crippen LogP contribution < -0.4 is 5.32 Å². The highest BCUT2D eigenvalue weighted by molar-refractivity contribution is 8.16. The number of ether oxygens (including phenoxy) is 1. The Labute approximate surface area is 207 Å². The highest BCUT2D eigenvalue weighted by atomic mass is 35.5. The van der Waals surface area contributed by atoms with E-state index in [0.29, 0.717) is 28.0 Å². The number of fused-ring (bicyclic) bond motifs is 1. The number of allylic oxidation sites excluding steroid dienone is 1. The molecule has 0 spiro atoms. The van der Waals surface area contributed by atoms with Crippen molar-refractivity contribution in [3.8, 4) is 0 Å². The Morgan fingerprint density at radius 2 is 2.09 bits per heavy atom. The van der Waals surface area contributed by atoms with Gasteiger partial charge < -0.3 is 15.0 Å². The van der Waals surface area contributed by atoms with E-state index in [1.165, 1.54) is 17.8 Å². The average Bonchev–Trinajstić information content (AvgIpc) is 3.22. The molecular formula is C25H23ClN4O3S. The third kappa shape index (κ3) is 5.24. The van der Waals surface area contributed by atoms with E-state index in [9.17, 15) is 9.59 Å². The molecule has 1 atom stereocenters. The van der Waals surface area contributed by atoms with E-state index in [2.05, 4.69) is 21.9 Å². The Hall–Kier alpha value is -3.36. The van der Waals surface area contributed by atoms with Crippen molar-refractivity contribution < 1.29 is 14.3 Å². The summed E-state index contributed by atoms with van der Waals surface area (Å²) in [5.41, 5.74) is 3.46. The molecular weight excluding hydrogens is 472 g/mol. The third-order valence-electron chi connectivity index (χ3n) is 5.30. The van der Waals surface area contributed by atoms with Gasteiger partial charge >= 0.3 is 5.97 Å². The van der Waals surface area contributed by atoms with E-state index >= 15 is 0 Å². The maximum absolute atomic E-state index is 13.0. The number of esters is 1. The number of benzene rings is 1. The van der Waals surface area contributed by atoms with Crippen LogP contribution in [-0.4, -0.2) is 33.5 Å². The monoisotopic (exact) mass is 494 g/mol. The second-order valence-corrected chi connectivity index (χ2v) is 8.92. The van der Waals surface area contributed by atoms with E-state index < -0.39 is 12.0 Å². The fourth-order valence-corrected chi connectivity index (χ4v) is 4.93. The van der Waals surface area contributed by atoms with Gasteiger partial charge in [0.05, 0.1) is 23.7 Å². The molecule has 1 unspecified atom stereocenters. The van der Waals surface area contributed by atoms with E-state index in [0.717, 1.165) is 16.8 Å². The number of halogens is 1. The SMILES string of the molecule is C=CCOC(=O)C1=C(C)N=C2SC=C(CC(=O)NCc3ccncc3)N2C1c1cccc(Cl)c1. The fourth-order valence-electron chi connectivity index (χ4n) is 3.76. The molecule has 0 bridgehead atoms. The molecule has 9 heteroatoms. The molecule has 0 fully saturated rings. The Bertz CT molecular complexity index is 1210. The quantitative estimate of drug-likeness (QED) is 0.421. The zero-order chi connectivity index (χ0) is 24.1. The standard InChI is InChI=1S/C25H23ClN4O3S/c1-3-11-33-24(32)22-16(2)29-25-30(23(22)18-5-4-6-19(26)12-18)20(15-34-25)13-21(31)28-14-17-7-9-27-10-8-17/h3-10,12,15,23H,1,11,13-14H2,2H3,(H,28,31). The molecule has 0 aliphatic carbocycles. The van der Waals surface area contributed by atoms with Crippen LogP contribution in [0.25, 0.3) is 0 Å². The summed E-state index contributed by atoms with van der Waals surface area (Å²) in [5, 5.41) is 6.07. The highest BCUT2D eigenvalue weighted by Crippen LogP contribution is 2.45. The molecule has 2 aliphatic heterocycles. The van der Waals surface area contributed by atoms with Crippen molar-refractivity contribution >= 4 is 40.4 Å². The number of aromatic nitrogens is 1. The van der Waals surface area contributed by atoms with E-state index in [1.807, 2.05) is 40.6 Å². The van der Waals surface area contributed by atoms with Gasteiger partial charge in [-0.05, 0) is 47.7 Å². The summed E-state index contributed by atoms with van der Waals surface area (Å²) in [5.74, 6) is -0.625. The predicted molar refractivity (Wildman–Crippen MR) is 134 cm³/mol. The maximum atomic E-state index is 13.0. The summed E-state index contributed by atoms with van der Waals surface area (Å²) in [6.07, 6.45) is 5.02. The molecule has 2 aliphatic rings. The van der Waals surface area contributed by atoms with Crippen LogP contribution in [0.4, 0.5) is 0 Å². The van der Waals surface area contributed by atoms with Crippen molar-refractivity contribution in [3.05, 3.63) is 100.0 Å². The lowest BCUT2D eigenvalue weighted by atomic mass is 9.94. The number of rotatable bonds is 8. The minimum Gasteiger partial charge on any atom is -0.458 e. The van der Waals surface area contributed by atoms with Crippen LogP contribution in [0.1, 0.15) is 30.5 Å². The first-order chi connectivity index (χ1) is 16.5. The van der Waals surface area contributed by atoms with Gasteiger partial charge in [-0.25, -0.2) is 9.79 Å². The second kappa shape index (κ2) is 10.7. The molecule has 0 saturated heterocycles. The van der Waals surface area contributed by atoms with Crippen LogP contribution in [0.3, 0.4) is 0 Å². The second-order valence-electron chi connectivity index (χ2n) is 7.64. The lowest BCUT2D eigenvalue weighted by Gasteiger charge is -2.36. The van der Waals surface area contributed by atoms with Gasteiger partial charge in [0.15, 0.2) is 5.17 Å². The van der Waals surface area contributed by atoms with Crippen molar-refractivity contribution in [1.29, 1.82) is 0 Å². The van der Waals surface area contributed by atoms with Crippen molar-refractivity contribution in [3.63, 3.8) is 0 Å². The molecule has 34 heavy (non-hydrogen) atoms. The Morgan fingerprint density at radius 3 is 2.82 bits per heavy atom. The molecule has 1 aromatic heterocycles. The van der Waals surface area contributed by atoms with E-state index in [-0.39, 0.29) is 18.9 Å². The number of hydrogen-bond donors (Lipinski definition) is 1. The first-order valence-electron chi connectivity index (χ1n) is 10.6. The van der Waals surface area contributed by atoms with Gasteiger partial charge in [-0.3, -0.25) is 9.78 Å². The van der Waals surface area contributed by atoms with Crippen LogP contribution >= 0.6 is 23.4 Å². The van der Waals surface area contributed by atoms with Gasteiger partial charge in [0.1, 0.15) is 6.61 Å². The number of nitrogens with zero attached hydrogens (tertiary/aromatic N) is 3. The van der Waals surface area contributed by atoms with Gasteiger partial charge in [-0.1, -0.05) is 48.2 Å². The van der Waals surface area contributed by atoms with Crippen LogP contribution in [0.5, 0.6) is 0 Å². The Balaban J connectivity index is 1.61. The zero-order valence-electron chi connectivity index (χ0n) is 18.5. The summed E-state index contributed by atoms with van der Waals surface area (Å²) in [6, 6.07) is 10.5. The zero-order valence-corrected chi connectivity index (χ0v) is 20.1. The minimum atomic E-state index is -0.530. The highest BCUT2D eigenvalue weighted by Gasteiger charge is 2.41. The number of carbonyl (C=O) groups excluding carboxylic acids is 2. The molecule has 174 valence electrons. The van der Waals surface area contributed by atoms with Crippen molar-refractivity contribution in [2.45, 2.75) is 25.9 Å². The van der Waals surface area contributed by atoms with Crippen LogP contribution in [0.2, 0.25) is 5.02 Å². The summed E-state index contributed by atoms with van der Waals surface area (Å²) in [6.45, 7) is 5.89. The summed E-state index contributed by atoms with van der Waals surface area (Å²) < 4.78 is 5.38. The van der Waals surface area contributed by atoms with Crippen molar-refractivity contribution in [2.24, 2.45) is 4.99 Å². The number of amidine groups is 1. The molecule has 0 radical (unpaired) electrons. The molecule has 0 saturated carbocycles. The molecule has 1 N–H and O–H groups in total. The third-order valence-corrected chi connectivity index (χ3v) is 6.42. The number of aliphatic imine (C=N–C) groups is 1. The van der Waals surface area contributed by atoms with Gasteiger partial charge in [0, 0.05) is 29.7 Å². The van der Waals surface area contributed by atoms with Crippen molar-refractivity contribution in [1.82, 2.24) is 15.2 Å². The number of carbonyl (C=O) groups is 2. The molecule has 2 aromatic rings. The number of pyridine rings is 1. The molecule has 1 aromatic carbocycles. The molecule has 7 nitrogen and oxygen atoms in total. The van der Waals surface area contributed by atoms with E-state index in [1.54, 1.807) is 25.4 Å². The lowest BCUT2D eigenvalue weighted by molar-refractivity contribution is -0.138. The van der Waals surface area contributed by atoms with Crippen LogP contribution in [0.15, 0.2) is 88.8 Å². The van der Waals surface area contributed by atoms with Crippen LogP contribution in [-0.2, 0) is 20.9 Å². The first kappa shape index (κ1) is 23.8. The van der Waals surface area contributed by atoms with Gasteiger partial charge in [-0.2, -0.15) is 0 Å². The van der Waals surface area contributed by atoms with Crippen LogP contribution in [0, 0.1) is 0 Å². The number of hydrogen-bond acceptors (Lipinski definition) is 7. The fraction of sp³-hybridized carbons (Fsp3) is 0.200. The number of nitrogens with one attached hydrogen (secondary N) is 1. The van der Waals surface area contributed by atoms with Crippen molar-refractivity contribution in [2.75, 3.05) is 6.61 Å². The molecule has 4 rings (SSSR count). The summed E-state index contributed by atoms with van der Waals surface area (Å²) in [7, 11) is 0. The summed E-state index contributed by atoms with van der Waals surface area (Å²) in [4.78, 5) is 36.4. The van der Waals surface area contributed by atoms with Gasteiger partial charge in [0.25, 0.3) is 0 Å². The smallest absolute Gasteiger partial charge is 0.338 e. The largest absolute Gasteiger partial charge is 0.458 e. The Morgan fingerprint density at radius 1 is 1.29 bits per heavy atom. The molecule has 3 heterocycles. The first-order valence-corrected chi connectivity index (χ1v) is 11.9. The van der Waals surface area contributed by atoms with E-state index in [4.69, 9.17) is 16.3 Å². The predicted octanol–water partition coefficient (Wildman–Crippen LogP) is 4.75. The maximum Gasteiger partial charge on any atom is 0.338 e. The minimum absolute atomic E-state index is 0.0866.